The number of hydrogen-bond donors (Lipinski definition) is 1. The highest BCUT2D eigenvalue weighted by Crippen LogP contribution is 2.62. The van der Waals surface area contributed by atoms with Crippen LogP contribution in [0, 0.1) is 29.1 Å². The van der Waals surface area contributed by atoms with Crippen molar-refractivity contribution in [3.8, 4) is 6.07 Å². The van der Waals surface area contributed by atoms with Gasteiger partial charge in [-0.05, 0) is 73.9 Å². The molecule has 1 amide bonds. The lowest BCUT2D eigenvalue weighted by Gasteiger charge is -2.21. The van der Waals surface area contributed by atoms with Crippen molar-refractivity contribution in [1.82, 2.24) is 15.1 Å². The van der Waals surface area contributed by atoms with Crippen LogP contribution >= 0.6 is 0 Å². The molecule has 6 heteroatoms. The number of hydrogen-bond acceptors (Lipinski definition) is 4. The molecule has 1 aromatic heterocycles. The van der Waals surface area contributed by atoms with Crippen LogP contribution in [0.4, 0.5) is 0 Å². The van der Waals surface area contributed by atoms with Gasteiger partial charge >= 0.3 is 0 Å². The second kappa shape index (κ2) is 7.10. The molecule has 30 heavy (non-hydrogen) atoms. The standard InChI is InChI=1S/C24H22N4O2/c1-14(27-24(30)16-8-6-15(12-25)7-9-16)23-19-10-17(11-20(19)23)28-21-5-3-2-4-18(21)22(29)13-26-28/h2-9,13-14,17,19-20,23H,10-11H2,1H3,(H,27,30). The van der Waals surface area contributed by atoms with E-state index >= 15 is 0 Å². The van der Waals surface area contributed by atoms with Crippen molar-refractivity contribution in [1.29, 1.82) is 5.26 Å². The molecule has 2 saturated carbocycles. The summed E-state index contributed by atoms with van der Waals surface area (Å²) < 4.78 is 2.01. The van der Waals surface area contributed by atoms with Crippen LogP contribution in [0.1, 0.15) is 41.7 Å². The lowest BCUT2D eigenvalue weighted by Crippen LogP contribution is -2.35. The number of amides is 1. The first-order chi connectivity index (χ1) is 14.6. The van der Waals surface area contributed by atoms with E-state index in [0.717, 1.165) is 18.4 Å². The van der Waals surface area contributed by atoms with Gasteiger partial charge < -0.3 is 5.32 Å². The lowest BCUT2D eigenvalue weighted by atomic mass is 10.0. The van der Waals surface area contributed by atoms with Crippen LogP contribution in [-0.2, 0) is 0 Å². The Morgan fingerprint density at radius 2 is 1.87 bits per heavy atom. The van der Waals surface area contributed by atoms with Crippen molar-refractivity contribution in [2.75, 3.05) is 0 Å². The highest BCUT2D eigenvalue weighted by atomic mass is 16.1. The van der Waals surface area contributed by atoms with Gasteiger partial charge in [-0.1, -0.05) is 12.1 Å². The van der Waals surface area contributed by atoms with Crippen LogP contribution in [0.5, 0.6) is 0 Å². The number of aromatic nitrogens is 2. The molecule has 0 bridgehead atoms. The fraction of sp³-hybridized carbons (Fsp3) is 0.333. The van der Waals surface area contributed by atoms with Gasteiger partial charge in [-0.2, -0.15) is 10.4 Å². The second-order valence-corrected chi connectivity index (χ2v) is 8.45. The molecule has 5 rings (SSSR count). The van der Waals surface area contributed by atoms with E-state index < -0.39 is 0 Å². The average Bonchev–Trinajstić information content (AvgIpc) is 3.28. The summed E-state index contributed by atoms with van der Waals surface area (Å²) in [6, 6.07) is 16.8. The van der Waals surface area contributed by atoms with Gasteiger partial charge in [0.25, 0.3) is 5.91 Å². The Hall–Kier alpha value is -3.46. The Labute approximate surface area is 174 Å². The first-order valence-electron chi connectivity index (χ1n) is 10.3. The quantitative estimate of drug-likeness (QED) is 0.731. The largest absolute Gasteiger partial charge is 0.349 e. The van der Waals surface area contributed by atoms with E-state index in [9.17, 15) is 9.59 Å². The topological polar surface area (TPSA) is 87.8 Å². The molecule has 3 atom stereocenters. The molecule has 3 unspecified atom stereocenters. The fourth-order valence-corrected chi connectivity index (χ4v) is 5.31. The van der Waals surface area contributed by atoms with Gasteiger partial charge in [-0.25, -0.2) is 0 Å². The Morgan fingerprint density at radius 3 is 2.57 bits per heavy atom. The number of nitrogens with zero attached hydrogens (tertiary/aromatic N) is 3. The molecule has 0 saturated heterocycles. The number of fused-ring (bicyclic) bond motifs is 2. The van der Waals surface area contributed by atoms with Crippen LogP contribution in [0.15, 0.2) is 59.5 Å². The Kier molecular flexibility index (Phi) is 4.39. The maximum atomic E-state index is 12.5. The maximum absolute atomic E-state index is 12.5. The third kappa shape index (κ3) is 3.07. The first kappa shape index (κ1) is 18.6. The van der Waals surface area contributed by atoms with E-state index in [4.69, 9.17) is 5.26 Å². The van der Waals surface area contributed by atoms with Gasteiger partial charge in [0.05, 0.1) is 29.4 Å². The van der Waals surface area contributed by atoms with E-state index in [-0.39, 0.29) is 17.4 Å². The van der Waals surface area contributed by atoms with Crippen LogP contribution in [-0.4, -0.2) is 21.7 Å². The van der Waals surface area contributed by atoms with Gasteiger partial charge in [0.1, 0.15) is 0 Å². The molecule has 1 heterocycles. The Morgan fingerprint density at radius 1 is 1.17 bits per heavy atom. The van der Waals surface area contributed by atoms with Gasteiger partial charge in [0.15, 0.2) is 0 Å². The van der Waals surface area contributed by atoms with Crippen molar-refractivity contribution in [2.24, 2.45) is 17.8 Å². The predicted octanol–water partition coefficient (Wildman–Crippen LogP) is 3.28. The minimum atomic E-state index is -0.0958. The number of benzene rings is 2. The van der Waals surface area contributed by atoms with Crippen molar-refractivity contribution in [2.45, 2.75) is 31.8 Å². The molecular formula is C24H22N4O2. The monoisotopic (exact) mass is 398 g/mol. The second-order valence-electron chi connectivity index (χ2n) is 8.45. The average molecular weight is 398 g/mol. The Bertz CT molecular complexity index is 1210. The van der Waals surface area contributed by atoms with Crippen LogP contribution in [0.25, 0.3) is 10.9 Å². The highest BCUT2D eigenvalue weighted by Gasteiger charge is 2.58. The summed E-state index contributed by atoms with van der Waals surface area (Å²) in [5, 5.41) is 17.2. The summed E-state index contributed by atoms with van der Waals surface area (Å²) in [5.74, 6) is 1.54. The molecule has 3 aromatic rings. The summed E-state index contributed by atoms with van der Waals surface area (Å²) in [7, 11) is 0. The number of rotatable bonds is 4. The van der Waals surface area contributed by atoms with E-state index in [2.05, 4.69) is 23.4 Å². The summed E-state index contributed by atoms with van der Waals surface area (Å²) in [5.41, 5.74) is 1.98. The normalized spacial score (nSPS) is 25.3. The molecule has 0 spiro atoms. The van der Waals surface area contributed by atoms with Crippen molar-refractivity contribution in [3.05, 3.63) is 76.1 Å². The predicted molar refractivity (Wildman–Crippen MR) is 113 cm³/mol. The SMILES string of the molecule is CC(NC(=O)c1ccc(C#N)cc1)C1C2CC(n3ncc(=O)c4ccccc43)CC21. The van der Waals surface area contributed by atoms with Gasteiger partial charge in [-0.15, -0.1) is 0 Å². The highest BCUT2D eigenvalue weighted by molar-refractivity contribution is 5.94. The van der Waals surface area contributed by atoms with Crippen molar-refractivity contribution in [3.63, 3.8) is 0 Å². The van der Waals surface area contributed by atoms with Gasteiger partial charge in [0, 0.05) is 17.0 Å². The minimum absolute atomic E-state index is 0.0398. The molecular weight excluding hydrogens is 376 g/mol. The molecule has 0 aliphatic heterocycles. The first-order valence-corrected chi connectivity index (χ1v) is 10.3. The molecule has 1 N–H and O–H groups in total. The van der Waals surface area contributed by atoms with Crippen molar-refractivity contribution >= 4 is 16.8 Å². The molecule has 2 aliphatic rings. The number of nitrogens with one attached hydrogen (secondary N) is 1. The van der Waals surface area contributed by atoms with Crippen molar-refractivity contribution < 1.29 is 4.79 Å². The molecule has 6 nitrogen and oxygen atoms in total. The van der Waals surface area contributed by atoms with E-state index in [1.807, 2.05) is 28.9 Å². The van der Waals surface area contributed by atoms with Crippen LogP contribution in [0.3, 0.4) is 0 Å². The molecule has 150 valence electrons. The minimum Gasteiger partial charge on any atom is -0.349 e. The van der Waals surface area contributed by atoms with E-state index in [1.54, 1.807) is 24.3 Å². The summed E-state index contributed by atoms with van der Waals surface area (Å²) in [4.78, 5) is 24.6. The fourth-order valence-electron chi connectivity index (χ4n) is 5.31. The number of para-hydroxylation sites is 1. The molecule has 0 radical (unpaired) electrons. The molecule has 2 fully saturated rings. The van der Waals surface area contributed by atoms with Gasteiger partial charge in [-0.3, -0.25) is 14.3 Å². The zero-order valence-electron chi connectivity index (χ0n) is 16.7. The Balaban J connectivity index is 1.25. The zero-order valence-corrected chi connectivity index (χ0v) is 16.7. The summed E-state index contributed by atoms with van der Waals surface area (Å²) >= 11 is 0. The molecule has 2 aliphatic carbocycles. The van der Waals surface area contributed by atoms with Crippen LogP contribution in [0.2, 0.25) is 0 Å². The number of carbonyl (C=O) groups is 1. The third-order valence-electron chi connectivity index (χ3n) is 6.76. The lowest BCUT2D eigenvalue weighted by molar-refractivity contribution is 0.0932. The van der Waals surface area contributed by atoms with Crippen LogP contribution < -0.4 is 10.7 Å². The summed E-state index contributed by atoms with van der Waals surface area (Å²) in [6.07, 6.45) is 3.46. The van der Waals surface area contributed by atoms with Gasteiger partial charge in [0.2, 0.25) is 5.43 Å². The smallest absolute Gasteiger partial charge is 0.251 e. The third-order valence-corrected chi connectivity index (χ3v) is 6.76. The van der Waals surface area contributed by atoms with E-state index in [1.165, 1.54) is 6.20 Å². The maximum Gasteiger partial charge on any atom is 0.251 e. The number of carbonyl (C=O) groups excluding carboxylic acids is 1. The van der Waals surface area contributed by atoms with E-state index in [0.29, 0.717) is 40.3 Å². The zero-order chi connectivity index (χ0) is 20.8. The number of nitriles is 1. The molecule has 2 aromatic carbocycles. The summed E-state index contributed by atoms with van der Waals surface area (Å²) in [6.45, 7) is 2.08.